The second-order valence-electron chi connectivity index (χ2n) is 7.55. The summed E-state index contributed by atoms with van der Waals surface area (Å²) < 4.78 is 3.21. The third-order valence-corrected chi connectivity index (χ3v) is 5.62. The maximum atomic E-state index is 13.1. The second kappa shape index (κ2) is 8.25. The molecule has 4 heterocycles. The number of nitrogens with zero attached hydrogens (tertiary/aromatic N) is 7. The molecule has 9 heteroatoms. The van der Waals surface area contributed by atoms with Gasteiger partial charge in [0, 0.05) is 45.8 Å². The minimum Gasteiger partial charge on any atom is -0.340 e. The van der Waals surface area contributed by atoms with E-state index >= 15 is 0 Å². The van der Waals surface area contributed by atoms with E-state index in [0.717, 1.165) is 43.1 Å². The molecule has 0 atom stereocenters. The molecule has 3 aromatic heterocycles. The van der Waals surface area contributed by atoms with Crippen LogP contribution in [-0.4, -0.2) is 67.1 Å². The molecule has 1 amide bonds. The van der Waals surface area contributed by atoms with Crippen LogP contribution >= 0.6 is 0 Å². The molecule has 1 saturated heterocycles. The molecule has 0 aliphatic carbocycles. The molecule has 9 nitrogen and oxygen atoms in total. The van der Waals surface area contributed by atoms with Crippen LogP contribution in [0.5, 0.6) is 0 Å². The number of aromatic nitrogens is 5. The highest BCUT2D eigenvalue weighted by Gasteiger charge is 2.25. The third kappa shape index (κ3) is 3.67. The number of aryl methyl sites for hydroxylation is 1. The van der Waals surface area contributed by atoms with Crippen molar-refractivity contribution in [2.24, 2.45) is 7.05 Å². The maximum Gasteiger partial charge on any atom is 0.257 e. The number of rotatable bonds is 7. The zero-order valence-corrected chi connectivity index (χ0v) is 17.7. The summed E-state index contributed by atoms with van der Waals surface area (Å²) in [6.45, 7) is 6.96. The first-order valence-electron chi connectivity index (χ1n) is 10.5. The lowest BCUT2D eigenvalue weighted by molar-refractivity contribution is 0.0766. The quantitative estimate of drug-likeness (QED) is 0.555. The lowest BCUT2D eigenvalue weighted by Gasteiger charge is -2.18. The van der Waals surface area contributed by atoms with E-state index < -0.39 is 0 Å². The molecule has 0 unspecified atom stereocenters. The molecule has 0 spiro atoms. The Hall–Kier alpha value is -3.23. The van der Waals surface area contributed by atoms with Crippen molar-refractivity contribution in [3.05, 3.63) is 41.3 Å². The van der Waals surface area contributed by atoms with Crippen LogP contribution in [0.2, 0.25) is 0 Å². The predicted octanol–water partition coefficient (Wildman–Crippen LogP) is 1.97. The van der Waals surface area contributed by atoms with E-state index in [4.69, 9.17) is 0 Å². The van der Waals surface area contributed by atoms with Crippen molar-refractivity contribution in [3.8, 4) is 0 Å². The number of anilines is 1. The molecule has 1 aliphatic rings. The number of pyridine rings is 1. The molecule has 0 N–H and O–H groups in total. The van der Waals surface area contributed by atoms with Crippen LogP contribution in [0.15, 0.2) is 24.5 Å². The SMILES string of the molecule is CCN(CC)C(=O)c1cnn(C)c1C(=O)Cc1ccc2nc(N3CCCC3)nn2c1. The Balaban J connectivity index is 1.57. The minimum atomic E-state index is -0.168. The van der Waals surface area contributed by atoms with Crippen molar-refractivity contribution in [2.45, 2.75) is 33.1 Å². The van der Waals surface area contributed by atoms with E-state index in [0.29, 0.717) is 24.3 Å². The van der Waals surface area contributed by atoms with E-state index in [2.05, 4.69) is 20.1 Å². The highest BCUT2D eigenvalue weighted by Crippen LogP contribution is 2.19. The van der Waals surface area contributed by atoms with Crippen LogP contribution in [0.1, 0.15) is 53.1 Å². The molecule has 0 bridgehead atoms. The molecule has 1 aliphatic heterocycles. The van der Waals surface area contributed by atoms with Gasteiger partial charge in [0.1, 0.15) is 5.69 Å². The molecular weight excluding hydrogens is 382 g/mol. The Bertz CT molecular complexity index is 1070. The average molecular weight is 409 g/mol. The highest BCUT2D eigenvalue weighted by atomic mass is 16.2. The van der Waals surface area contributed by atoms with Crippen LogP contribution < -0.4 is 4.90 Å². The van der Waals surface area contributed by atoms with E-state index in [-0.39, 0.29) is 18.1 Å². The first kappa shape index (κ1) is 20.1. The first-order valence-corrected chi connectivity index (χ1v) is 10.5. The largest absolute Gasteiger partial charge is 0.340 e. The molecule has 3 aromatic rings. The monoisotopic (exact) mass is 409 g/mol. The highest BCUT2D eigenvalue weighted by molar-refractivity contribution is 6.07. The van der Waals surface area contributed by atoms with Crippen molar-refractivity contribution >= 4 is 23.3 Å². The molecule has 158 valence electrons. The normalized spacial score (nSPS) is 13.9. The smallest absolute Gasteiger partial charge is 0.257 e. The van der Waals surface area contributed by atoms with Crippen LogP contribution in [0.25, 0.3) is 5.65 Å². The van der Waals surface area contributed by atoms with Gasteiger partial charge in [0.15, 0.2) is 11.4 Å². The summed E-state index contributed by atoms with van der Waals surface area (Å²) in [7, 11) is 1.69. The number of hydrogen-bond donors (Lipinski definition) is 0. The molecular formula is C21H27N7O2. The molecule has 4 rings (SSSR count). The standard InChI is InChI=1S/C21H27N7O2/c1-4-26(5-2)20(30)16-13-22-25(3)19(16)17(29)12-15-8-9-18-23-21(24-28(18)14-15)27-10-6-7-11-27/h8-9,13-14H,4-7,10-12H2,1-3H3. The van der Waals surface area contributed by atoms with Gasteiger partial charge in [-0.1, -0.05) is 6.07 Å². The van der Waals surface area contributed by atoms with Crippen molar-refractivity contribution in [1.29, 1.82) is 0 Å². The number of hydrogen-bond acceptors (Lipinski definition) is 6. The summed E-state index contributed by atoms with van der Waals surface area (Å²) in [5.74, 6) is 0.415. The van der Waals surface area contributed by atoms with Crippen molar-refractivity contribution in [2.75, 3.05) is 31.1 Å². The van der Waals surface area contributed by atoms with E-state index in [9.17, 15) is 9.59 Å². The number of ketones is 1. The van der Waals surface area contributed by atoms with Crippen molar-refractivity contribution in [1.82, 2.24) is 29.3 Å². The van der Waals surface area contributed by atoms with Crippen LogP contribution in [0, 0.1) is 0 Å². The topological polar surface area (TPSA) is 88.6 Å². The Kier molecular flexibility index (Phi) is 5.52. The Morgan fingerprint density at radius 3 is 2.57 bits per heavy atom. The van der Waals surface area contributed by atoms with Gasteiger partial charge < -0.3 is 9.80 Å². The minimum absolute atomic E-state index is 0.148. The second-order valence-corrected chi connectivity index (χ2v) is 7.55. The first-order chi connectivity index (χ1) is 14.5. The van der Waals surface area contributed by atoms with Gasteiger partial charge in [-0.3, -0.25) is 14.3 Å². The molecule has 0 aromatic carbocycles. The summed E-state index contributed by atoms with van der Waals surface area (Å²) in [6, 6.07) is 3.76. The summed E-state index contributed by atoms with van der Waals surface area (Å²) in [4.78, 5) is 34.3. The van der Waals surface area contributed by atoms with Gasteiger partial charge in [-0.25, -0.2) is 4.52 Å². The number of Topliss-reactive ketones (excluding diaryl/α,β-unsaturated/α-hetero) is 1. The van der Waals surface area contributed by atoms with Gasteiger partial charge in [-0.05, 0) is 38.3 Å². The fourth-order valence-corrected chi connectivity index (χ4v) is 3.94. The van der Waals surface area contributed by atoms with E-state index in [1.165, 1.54) is 10.9 Å². The van der Waals surface area contributed by atoms with Crippen molar-refractivity contribution < 1.29 is 9.59 Å². The predicted molar refractivity (Wildman–Crippen MR) is 113 cm³/mol. The van der Waals surface area contributed by atoms with Crippen LogP contribution in [0.4, 0.5) is 5.95 Å². The Morgan fingerprint density at radius 1 is 1.13 bits per heavy atom. The number of carbonyl (C=O) groups excluding carboxylic acids is 2. The van der Waals surface area contributed by atoms with Gasteiger partial charge in [-0.15, -0.1) is 5.10 Å². The lowest BCUT2D eigenvalue weighted by atomic mass is 10.1. The molecule has 30 heavy (non-hydrogen) atoms. The van der Waals surface area contributed by atoms with Gasteiger partial charge in [-0.2, -0.15) is 10.1 Å². The van der Waals surface area contributed by atoms with Gasteiger partial charge >= 0.3 is 0 Å². The zero-order chi connectivity index (χ0) is 21.3. The van der Waals surface area contributed by atoms with Gasteiger partial charge in [0.25, 0.3) is 5.91 Å². The fourth-order valence-electron chi connectivity index (χ4n) is 3.94. The number of amides is 1. The molecule has 0 saturated carbocycles. The lowest BCUT2D eigenvalue weighted by Crippen LogP contribution is -2.31. The van der Waals surface area contributed by atoms with E-state index in [1.54, 1.807) is 16.5 Å². The van der Waals surface area contributed by atoms with Crippen LogP contribution in [0.3, 0.4) is 0 Å². The van der Waals surface area contributed by atoms with Gasteiger partial charge in [0.2, 0.25) is 5.95 Å². The van der Waals surface area contributed by atoms with Crippen LogP contribution in [-0.2, 0) is 13.5 Å². The Labute approximate surface area is 175 Å². The van der Waals surface area contributed by atoms with E-state index in [1.807, 2.05) is 32.2 Å². The third-order valence-electron chi connectivity index (χ3n) is 5.62. The maximum absolute atomic E-state index is 13.1. The summed E-state index contributed by atoms with van der Waals surface area (Å²) >= 11 is 0. The molecule has 0 radical (unpaired) electrons. The van der Waals surface area contributed by atoms with Crippen molar-refractivity contribution in [3.63, 3.8) is 0 Å². The molecule has 1 fully saturated rings. The average Bonchev–Trinajstić information content (AvgIpc) is 3.47. The summed E-state index contributed by atoms with van der Waals surface area (Å²) in [5.41, 5.74) is 2.26. The van der Waals surface area contributed by atoms with Gasteiger partial charge in [0.05, 0.1) is 11.8 Å². The zero-order valence-electron chi connectivity index (χ0n) is 17.7. The fraction of sp³-hybridized carbons (Fsp3) is 0.476. The summed E-state index contributed by atoms with van der Waals surface area (Å²) in [6.07, 6.45) is 5.80. The Morgan fingerprint density at radius 2 is 1.87 bits per heavy atom. The number of carbonyl (C=O) groups is 2. The number of fused-ring (bicyclic) bond motifs is 1. The summed E-state index contributed by atoms with van der Waals surface area (Å²) in [5, 5.41) is 8.74.